The van der Waals surface area contributed by atoms with Crippen molar-refractivity contribution in [3.63, 3.8) is 0 Å². The maximum atomic E-state index is 10.8. The lowest BCUT2D eigenvalue weighted by Crippen LogP contribution is -2.29. The predicted octanol–water partition coefficient (Wildman–Crippen LogP) is 0.997. The van der Waals surface area contributed by atoms with Crippen LogP contribution in [0.15, 0.2) is 5.16 Å². The third-order valence-corrected chi connectivity index (χ3v) is 1.48. The van der Waals surface area contributed by atoms with Crippen LogP contribution >= 0.6 is 0 Å². The molecule has 0 heterocycles. The highest BCUT2D eigenvalue weighted by molar-refractivity contribution is 6.72. The summed E-state index contributed by atoms with van der Waals surface area (Å²) < 4.78 is 5.01. The molecule has 4 nitrogen and oxygen atoms in total. The Labute approximate surface area is 67.3 Å². The van der Waals surface area contributed by atoms with Crippen LogP contribution in [0.3, 0.4) is 0 Å². The van der Waals surface area contributed by atoms with Crippen molar-refractivity contribution >= 4 is 20.5 Å². The molecule has 0 aromatic carbocycles. The van der Waals surface area contributed by atoms with Gasteiger partial charge in [-0.25, -0.2) is 4.79 Å². The molecule has 11 heavy (non-hydrogen) atoms. The summed E-state index contributed by atoms with van der Waals surface area (Å²) in [4.78, 5) is 15.1. The first-order chi connectivity index (χ1) is 4.95. The van der Waals surface area contributed by atoms with Gasteiger partial charge in [-0.3, -0.25) is 0 Å². The van der Waals surface area contributed by atoms with E-state index in [0.29, 0.717) is 0 Å². The van der Waals surface area contributed by atoms with Crippen LogP contribution in [0.25, 0.3) is 0 Å². The first-order valence-electron chi connectivity index (χ1n) is 3.25. The summed E-state index contributed by atoms with van der Waals surface area (Å²) in [7, 11) is -0.393. The van der Waals surface area contributed by atoms with Gasteiger partial charge in [-0.2, -0.15) is 0 Å². The fraction of sp³-hybridized carbons (Fsp3) is 0.667. The van der Waals surface area contributed by atoms with Gasteiger partial charge in [-0.05, 0) is 19.6 Å². The van der Waals surface area contributed by atoms with Crippen LogP contribution in [0, 0.1) is 0 Å². The van der Waals surface area contributed by atoms with E-state index in [1.807, 2.05) is 19.6 Å². The van der Waals surface area contributed by atoms with Gasteiger partial charge in [0.1, 0.15) is 13.3 Å². The van der Waals surface area contributed by atoms with Crippen molar-refractivity contribution in [3.05, 3.63) is 0 Å². The molecule has 0 saturated heterocycles. The quantitative estimate of drug-likeness (QED) is 0.365. The first-order valence-corrected chi connectivity index (χ1v) is 6.66. The Balaban J connectivity index is 3.80. The number of nitrogens with zero attached hydrogens (tertiary/aromatic N) is 1. The Morgan fingerprint density at radius 2 is 2.00 bits per heavy atom. The minimum absolute atomic E-state index is 0.439. The average molecular weight is 175 g/mol. The van der Waals surface area contributed by atoms with Crippen molar-refractivity contribution in [3.8, 4) is 0 Å². The molecule has 0 aromatic heterocycles. The van der Waals surface area contributed by atoms with E-state index >= 15 is 0 Å². The largest absolute Gasteiger partial charge is 0.516 e. The van der Waals surface area contributed by atoms with Crippen LogP contribution in [0.5, 0.6) is 0 Å². The van der Waals surface area contributed by atoms with Gasteiger partial charge in [0.2, 0.25) is 8.32 Å². The van der Waals surface area contributed by atoms with Crippen molar-refractivity contribution in [2.45, 2.75) is 19.6 Å². The monoisotopic (exact) mass is 175 g/mol. The van der Waals surface area contributed by atoms with E-state index in [0.717, 1.165) is 6.21 Å². The zero-order valence-electron chi connectivity index (χ0n) is 7.25. The molecular formula is C6H13NO3Si. The minimum atomic E-state index is -1.77. The molecule has 0 unspecified atom stereocenters. The number of oxime groups is 1. The maximum Gasteiger partial charge on any atom is 0.339 e. The van der Waals surface area contributed by atoms with Gasteiger partial charge >= 0.3 is 5.97 Å². The van der Waals surface area contributed by atoms with E-state index in [-0.39, 0.29) is 0 Å². The molecule has 0 rings (SSSR count). The summed E-state index contributed by atoms with van der Waals surface area (Å²) in [6, 6.07) is 0. The number of hydrogen-bond donors (Lipinski definition) is 0. The van der Waals surface area contributed by atoms with Crippen molar-refractivity contribution in [2.24, 2.45) is 5.16 Å². The molecule has 0 radical (unpaired) electrons. The normalized spacial score (nSPS) is 11.6. The summed E-state index contributed by atoms with van der Waals surface area (Å²) in [6.45, 7) is 5.77. The van der Waals surface area contributed by atoms with Crippen molar-refractivity contribution < 1.29 is 14.1 Å². The predicted molar refractivity (Wildman–Crippen MR) is 44.9 cm³/mol. The van der Waals surface area contributed by atoms with Crippen molar-refractivity contribution in [2.75, 3.05) is 7.11 Å². The van der Waals surface area contributed by atoms with Crippen LogP contribution < -0.4 is 0 Å². The fourth-order valence-electron chi connectivity index (χ4n) is 0.424. The summed E-state index contributed by atoms with van der Waals surface area (Å²) in [5.41, 5.74) is 0. The molecule has 0 N–H and O–H groups in total. The summed E-state index contributed by atoms with van der Waals surface area (Å²) >= 11 is 0. The molecule has 0 saturated carbocycles. The van der Waals surface area contributed by atoms with Crippen LogP contribution in [0.1, 0.15) is 0 Å². The number of rotatable bonds is 3. The SMILES string of the molecule is CON=CC(=O)O[Si](C)(C)C. The Hall–Kier alpha value is -0.843. The lowest BCUT2D eigenvalue weighted by Gasteiger charge is -2.14. The molecule has 0 atom stereocenters. The summed E-state index contributed by atoms with van der Waals surface area (Å²) in [6.07, 6.45) is 1.03. The first kappa shape index (κ1) is 10.2. The topological polar surface area (TPSA) is 47.9 Å². The molecule has 5 heteroatoms. The lowest BCUT2D eigenvalue weighted by atomic mass is 10.8. The standard InChI is InChI=1S/C6H13NO3Si/c1-9-7-5-6(8)10-11(2,3)4/h5H,1-4H3. The molecule has 0 aromatic rings. The van der Waals surface area contributed by atoms with Crippen LogP contribution in [0.4, 0.5) is 0 Å². The highest BCUT2D eigenvalue weighted by atomic mass is 28.4. The van der Waals surface area contributed by atoms with Crippen LogP contribution in [-0.4, -0.2) is 27.6 Å². The highest BCUT2D eigenvalue weighted by Gasteiger charge is 2.18. The van der Waals surface area contributed by atoms with Crippen LogP contribution in [0.2, 0.25) is 19.6 Å². The molecule has 0 bridgehead atoms. The molecule has 0 aliphatic heterocycles. The second kappa shape index (κ2) is 4.12. The summed E-state index contributed by atoms with van der Waals surface area (Å²) in [5, 5.41) is 3.28. The van der Waals surface area contributed by atoms with Gasteiger partial charge in [0.15, 0.2) is 0 Å². The number of carbonyl (C=O) groups is 1. The third-order valence-electron chi connectivity index (χ3n) is 0.670. The molecule has 64 valence electrons. The van der Waals surface area contributed by atoms with Gasteiger partial charge in [0, 0.05) is 0 Å². The third kappa shape index (κ3) is 7.05. The van der Waals surface area contributed by atoms with Crippen molar-refractivity contribution in [1.29, 1.82) is 0 Å². The average Bonchev–Trinajstić information content (AvgIpc) is 1.79. The van der Waals surface area contributed by atoms with E-state index in [4.69, 9.17) is 4.43 Å². The molecule has 0 aliphatic carbocycles. The van der Waals surface area contributed by atoms with Crippen LogP contribution in [-0.2, 0) is 14.1 Å². The second-order valence-electron chi connectivity index (χ2n) is 2.95. The molecule has 0 amide bonds. The Morgan fingerprint density at radius 3 is 2.36 bits per heavy atom. The van der Waals surface area contributed by atoms with Gasteiger partial charge in [0.05, 0.1) is 0 Å². The van der Waals surface area contributed by atoms with Crippen molar-refractivity contribution in [1.82, 2.24) is 0 Å². The summed E-state index contributed by atoms with van der Waals surface area (Å²) in [5.74, 6) is -0.439. The van der Waals surface area contributed by atoms with E-state index in [1.54, 1.807) is 0 Å². The zero-order chi connectivity index (χ0) is 8.91. The number of carbonyl (C=O) groups excluding carboxylic acids is 1. The van der Waals surface area contributed by atoms with Gasteiger partial charge in [-0.1, -0.05) is 5.16 Å². The molecule has 0 aliphatic rings. The Kier molecular flexibility index (Phi) is 3.81. The van der Waals surface area contributed by atoms with E-state index in [9.17, 15) is 4.79 Å². The minimum Gasteiger partial charge on any atom is -0.516 e. The highest BCUT2D eigenvalue weighted by Crippen LogP contribution is 2.01. The maximum absolute atomic E-state index is 10.8. The van der Waals surface area contributed by atoms with Gasteiger partial charge in [-0.15, -0.1) is 0 Å². The zero-order valence-corrected chi connectivity index (χ0v) is 8.25. The molecular weight excluding hydrogens is 162 g/mol. The Morgan fingerprint density at radius 1 is 1.45 bits per heavy atom. The van der Waals surface area contributed by atoms with Gasteiger partial charge in [0.25, 0.3) is 0 Å². The smallest absolute Gasteiger partial charge is 0.339 e. The fourth-order valence-corrected chi connectivity index (χ4v) is 1.08. The van der Waals surface area contributed by atoms with E-state index < -0.39 is 14.3 Å². The van der Waals surface area contributed by atoms with Gasteiger partial charge < -0.3 is 9.26 Å². The molecule has 0 spiro atoms. The van der Waals surface area contributed by atoms with E-state index in [2.05, 4.69) is 9.99 Å². The molecule has 0 fully saturated rings. The lowest BCUT2D eigenvalue weighted by molar-refractivity contribution is -0.127. The number of hydrogen-bond acceptors (Lipinski definition) is 4. The van der Waals surface area contributed by atoms with E-state index in [1.165, 1.54) is 7.11 Å². The second-order valence-corrected chi connectivity index (χ2v) is 7.38. The Bertz CT molecular complexity index is 162.